The molecule has 2 N–H and O–H groups in total. The number of aliphatic carboxylic acids is 1. The number of hydrogen-bond acceptors (Lipinski definition) is 3. The maximum Gasteiger partial charge on any atom is 0.303 e. The summed E-state index contributed by atoms with van der Waals surface area (Å²) in [6.45, 7) is 0.358. The van der Waals surface area contributed by atoms with Crippen LogP contribution in [0.4, 0.5) is 5.69 Å². The van der Waals surface area contributed by atoms with E-state index in [-0.39, 0.29) is 18.2 Å². The van der Waals surface area contributed by atoms with Crippen LogP contribution in [0.5, 0.6) is 5.75 Å². The summed E-state index contributed by atoms with van der Waals surface area (Å²) in [4.78, 5) is 22.7. The fourth-order valence-corrected chi connectivity index (χ4v) is 2.77. The third-order valence-corrected chi connectivity index (χ3v) is 4.10. The molecule has 5 nitrogen and oxygen atoms in total. The largest absolute Gasteiger partial charge is 0.494 e. The molecule has 0 spiro atoms. The SMILES string of the molecule is O=C(O)CCCOc1ccc(NC(=O)C2Cc3ccccc32)cc1. The van der Waals surface area contributed by atoms with Crippen LogP contribution in [0.15, 0.2) is 48.5 Å². The Labute approximate surface area is 140 Å². The molecule has 24 heavy (non-hydrogen) atoms. The van der Waals surface area contributed by atoms with E-state index >= 15 is 0 Å². The van der Waals surface area contributed by atoms with E-state index < -0.39 is 5.97 Å². The summed E-state index contributed by atoms with van der Waals surface area (Å²) in [6.07, 6.45) is 1.35. The van der Waals surface area contributed by atoms with Crippen molar-refractivity contribution < 1.29 is 19.4 Å². The highest BCUT2D eigenvalue weighted by Gasteiger charge is 2.31. The van der Waals surface area contributed by atoms with Crippen molar-refractivity contribution >= 4 is 17.6 Å². The van der Waals surface area contributed by atoms with E-state index in [9.17, 15) is 9.59 Å². The van der Waals surface area contributed by atoms with Crippen molar-refractivity contribution in [2.24, 2.45) is 0 Å². The first-order valence-corrected chi connectivity index (χ1v) is 7.97. The van der Waals surface area contributed by atoms with Gasteiger partial charge in [-0.25, -0.2) is 0 Å². The third-order valence-electron chi connectivity index (χ3n) is 4.10. The second-order valence-corrected chi connectivity index (χ2v) is 5.81. The molecule has 0 saturated heterocycles. The molecule has 1 aliphatic rings. The second kappa shape index (κ2) is 7.17. The van der Waals surface area contributed by atoms with Gasteiger partial charge in [0.1, 0.15) is 5.75 Å². The predicted octanol–water partition coefficient (Wildman–Crippen LogP) is 3.21. The molecule has 1 amide bonds. The molecule has 2 aromatic rings. The molecule has 3 rings (SSSR count). The van der Waals surface area contributed by atoms with E-state index in [2.05, 4.69) is 11.4 Å². The zero-order valence-corrected chi connectivity index (χ0v) is 13.2. The van der Waals surface area contributed by atoms with Crippen molar-refractivity contribution in [3.63, 3.8) is 0 Å². The van der Waals surface area contributed by atoms with Crippen LogP contribution in [0.1, 0.15) is 29.9 Å². The van der Waals surface area contributed by atoms with Gasteiger partial charge in [0.15, 0.2) is 0 Å². The number of benzene rings is 2. The van der Waals surface area contributed by atoms with Gasteiger partial charge in [0.05, 0.1) is 12.5 Å². The van der Waals surface area contributed by atoms with Gasteiger partial charge >= 0.3 is 5.97 Å². The average Bonchev–Trinajstić information content (AvgIpc) is 2.54. The number of ether oxygens (including phenoxy) is 1. The van der Waals surface area contributed by atoms with Gasteiger partial charge in [0, 0.05) is 12.1 Å². The van der Waals surface area contributed by atoms with Crippen LogP contribution < -0.4 is 10.1 Å². The molecule has 0 aromatic heterocycles. The number of anilines is 1. The van der Waals surface area contributed by atoms with Crippen molar-refractivity contribution in [1.29, 1.82) is 0 Å². The first-order valence-electron chi connectivity index (χ1n) is 7.97. The highest BCUT2D eigenvalue weighted by molar-refractivity contribution is 5.97. The standard InChI is InChI=1S/C19H19NO4/c21-18(22)6-3-11-24-15-9-7-14(8-10-15)20-19(23)17-12-13-4-1-2-5-16(13)17/h1-2,4-5,7-10,17H,3,6,11-12H2,(H,20,23)(H,21,22). The highest BCUT2D eigenvalue weighted by Crippen LogP contribution is 2.35. The van der Waals surface area contributed by atoms with Crippen molar-refractivity contribution in [1.82, 2.24) is 0 Å². The summed E-state index contributed by atoms with van der Waals surface area (Å²) in [5, 5.41) is 11.5. The summed E-state index contributed by atoms with van der Waals surface area (Å²) in [7, 11) is 0. The van der Waals surface area contributed by atoms with Gasteiger partial charge in [-0.15, -0.1) is 0 Å². The Balaban J connectivity index is 1.50. The van der Waals surface area contributed by atoms with Crippen LogP contribution in [0.3, 0.4) is 0 Å². The van der Waals surface area contributed by atoms with Crippen LogP contribution in [0.25, 0.3) is 0 Å². The number of carboxylic acid groups (broad SMARTS) is 1. The van der Waals surface area contributed by atoms with Crippen LogP contribution >= 0.6 is 0 Å². The minimum atomic E-state index is -0.825. The summed E-state index contributed by atoms with van der Waals surface area (Å²) in [5.74, 6) is -0.237. The van der Waals surface area contributed by atoms with Crippen LogP contribution in [0, 0.1) is 0 Å². The minimum absolute atomic E-state index is 0.00354. The molecule has 0 bridgehead atoms. The van der Waals surface area contributed by atoms with Gasteiger partial charge in [-0.2, -0.15) is 0 Å². The summed E-state index contributed by atoms with van der Waals surface area (Å²) in [5.41, 5.74) is 3.07. The van der Waals surface area contributed by atoms with E-state index in [1.807, 2.05) is 18.2 Å². The van der Waals surface area contributed by atoms with Crippen molar-refractivity contribution in [3.05, 3.63) is 59.7 Å². The quantitative estimate of drug-likeness (QED) is 0.767. The fourth-order valence-electron chi connectivity index (χ4n) is 2.77. The Hall–Kier alpha value is -2.82. The Kier molecular flexibility index (Phi) is 4.79. The predicted molar refractivity (Wildman–Crippen MR) is 90.3 cm³/mol. The molecule has 2 aromatic carbocycles. The molecule has 1 unspecified atom stereocenters. The Morgan fingerprint density at radius 2 is 1.88 bits per heavy atom. The molecular weight excluding hydrogens is 306 g/mol. The molecule has 0 saturated carbocycles. The molecule has 0 radical (unpaired) electrons. The number of carboxylic acids is 1. The smallest absolute Gasteiger partial charge is 0.303 e. The van der Waals surface area contributed by atoms with Gasteiger partial charge < -0.3 is 15.2 Å². The third kappa shape index (κ3) is 3.74. The average molecular weight is 325 g/mol. The molecular formula is C19H19NO4. The van der Waals surface area contributed by atoms with Crippen molar-refractivity contribution in [2.45, 2.75) is 25.2 Å². The lowest BCUT2D eigenvalue weighted by Gasteiger charge is -2.28. The normalized spacial score (nSPS) is 15.1. The maximum absolute atomic E-state index is 12.3. The summed E-state index contributed by atoms with van der Waals surface area (Å²) < 4.78 is 5.47. The van der Waals surface area contributed by atoms with E-state index in [1.165, 1.54) is 5.56 Å². The van der Waals surface area contributed by atoms with Crippen molar-refractivity contribution in [3.8, 4) is 5.75 Å². The molecule has 0 heterocycles. The Morgan fingerprint density at radius 1 is 1.12 bits per heavy atom. The van der Waals surface area contributed by atoms with Gasteiger partial charge in [0.2, 0.25) is 5.91 Å². The monoisotopic (exact) mass is 325 g/mol. The van der Waals surface area contributed by atoms with Crippen LogP contribution in [0.2, 0.25) is 0 Å². The molecule has 0 fully saturated rings. The number of amides is 1. The zero-order chi connectivity index (χ0) is 16.9. The first-order chi connectivity index (χ1) is 11.6. The highest BCUT2D eigenvalue weighted by atomic mass is 16.5. The van der Waals surface area contributed by atoms with E-state index in [1.54, 1.807) is 24.3 Å². The van der Waals surface area contributed by atoms with E-state index in [0.717, 1.165) is 17.7 Å². The Bertz CT molecular complexity index is 739. The number of hydrogen-bond donors (Lipinski definition) is 2. The van der Waals surface area contributed by atoms with Crippen LogP contribution in [-0.4, -0.2) is 23.6 Å². The number of rotatable bonds is 7. The molecule has 1 aliphatic carbocycles. The molecule has 0 aliphatic heterocycles. The first kappa shape index (κ1) is 16.1. The van der Waals surface area contributed by atoms with E-state index in [0.29, 0.717) is 18.8 Å². The topological polar surface area (TPSA) is 75.6 Å². The lowest BCUT2D eigenvalue weighted by Crippen LogP contribution is -2.30. The second-order valence-electron chi connectivity index (χ2n) is 5.81. The number of nitrogens with one attached hydrogen (secondary N) is 1. The number of carbonyl (C=O) groups is 2. The van der Waals surface area contributed by atoms with Gasteiger partial charge in [-0.1, -0.05) is 24.3 Å². The number of fused-ring (bicyclic) bond motifs is 1. The molecule has 5 heteroatoms. The summed E-state index contributed by atoms with van der Waals surface area (Å²) >= 11 is 0. The molecule has 1 atom stereocenters. The fraction of sp³-hybridized carbons (Fsp3) is 0.263. The lowest BCUT2D eigenvalue weighted by molar-refractivity contribution is -0.137. The Morgan fingerprint density at radius 3 is 2.58 bits per heavy atom. The summed E-state index contributed by atoms with van der Waals surface area (Å²) in [6, 6.07) is 15.1. The van der Waals surface area contributed by atoms with Gasteiger partial charge in [-0.05, 0) is 48.2 Å². The van der Waals surface area contributed by atoms with E-state index in [4.69, 9.17) is 9.84 Å². The lowest BCUT2D eigenvalue weighted by atomic mass is 9.77. The molecule has 124 valence electrons. The van der Waals surface area contributed by atoms with Crippen molar-refractivity contribution in [2.75, 3.05) is 11.9 Å². The van der Waals surface area contributed by atoms with Gasteiger partial charge in [0.25, 0.3) is 0 Å². The van der Waals surface area contributed by atoms with Crippen LogP contribution in [-0.2, 0) is 16.0 Å². The number of carbonyl (C=O) groups excluding carboxylic acids is 1. The van der Waals surface area contributed by atoms with Gasteiger partial charge in [-0.3, -0.25) is 9.59 Å². The zero-order valence-electron chi connectivity index (χ0n) is 13.2. The maximum atomic E-state index is 12.3. The minimum Gasteiger partial charge on any atom is -0.494 e.